The Bertz CT molecular complexity index is 363. The van der Waals surface area contributed by atoms with E-state index in [0.29, 0.717) is 17.6 Å². The summed E-state index contributed by atoms with van der Waals surface area (Å²) in [7, 11) is 0. The fourth-order valence-corrected chi connectivity index (χ4v) is 2.50. The molecule has 0 radical (unpaired) electrons. The van der Waals surface area contributed by atoms with E-state index in [1.165, 1.54) is 11.3 Å². The molecule has 1 atom stereocenters. The van der Waals surface area contributed by atoms with E-state index in [1.807, 2.05) is 5.38 Å². The van der Waals surface area contributed by atoms with Gasteiger partial charge in [0.05, 0.1) is 11.6 Å². The molecule has 2 heterocycles. The largest absolute Gasteiger partial charge is 0.368 e. The Kier molecular flexibility index (Phi) is 4.15. The van der Waals surface area contributed by atoms with Crippen LogP contribution in [0.4, 0.5) is 5.13 Å². The molecule has 1 aromatic rings. The minimum Gasteiger partial charge on any atom is -0.368 e. The van der Waals surface area contributed by atoms with Crippen LogP contribution in [0.2, 0.25) is 0 Å². The number of aromatic nitrogens is 1. The van der Waals surface area contributed by atoms with Gasteiger partial charge >= 0.3 is 0 Å². The third kappa shape index (κ3) is 2.93. The summed E-state index contributed by atoms with van der Waals surface area (Å²) in [5.74, 6) is 0.266. The number of hydrogen-bond acceptors (Lipinski definition) is 4. The molecular formula is C10H13ClN2O2S. The highest BCUT2D eigenvalue weighted by Gasteiger charge is 2.22. The Labute approximate surface area is 103 Å². The van der Waals surface area contributed by atoms with Crippen LogP contribution in [-0.2, 0) is 15.4 Å². The lowest BCUT2D eigenvalue weighted by atomic mass is 10.1. The van der Waals surface area contributed by atoms with Gasteiger partial charge in [0.25, 0.3) is 5.91 Å². The monoisotopic (exact) mass is 260 g/mol. The summed E-state index contributed by atoms with van der Waals surface area (Å²) in [4.78, 5) is 15.9. The standard InChI is InChI=1S/C10H13ClN2O2S/c11-5-7-6-16-10(12-7)13-9(14)8-3-1-2-4-15-8/h6,8H,1-5H2,(H,12,13,14). The normalized spacial score (nSPS) is 20.7. The number of ether oxygens (including phenoxy) is 1. The van der Waals surface area contributed by atoms with E-state index >= 15 is 0 Å². The van der Waals surface area contributed by atoms with Crippen LogP contribution in [0.25, 0.3) is 0 Å². The number of thiazole rings is 1. The molecule has 0 bridgehead atoms. The third-order valence-corrected chi connectivity index (χ3v) is 3.47. The molecule has 4 nitrogen and oxygen atoms in total. The summed E-state index contributed by atoms with van der Waals surface area (Å²) < 4.78 is 5.38. The molecule has 1 fully saturated rings. The van der Waals surface area contributed by atoms with Crippen molar-refractivity contribution >= 4 is 34.0 Å². The van der Waals surface area contributed by atoms with Gasteiger partial charge in [0.2, 0.25) is 0 Å². The lowest BCUT2D eigenvalue weighted by Gasteiger charge is -2.20. The number of nitrogens with zero attached hydrogens (tertiary/aromatic N) is 1. The van der Waals surface area contributed by atoms with Crippen molar-refractivity contribution in [2.45, 2.75) is 31.2 Å². The molecule has 1 aliphatic heterocycles. The zero-order valence-electron chi connectivity index (χ0n) is 8.74. The lowest BCUT2D eigenvalue weighted by Crippen LogP contribution is -2.33. The highest BCUT2D eigenvalue weighted by molar-refractivity contribution is 7.14. The van der Waals surface area contributed by atoms with Crippen molar-refractivity contribution in [1.29, 1.82) is 0 Å². The van der Waals surface area contributed by atoms with Gasteiger partial charge in [-0.15, -0.1) is 22.9 Å². The van der Waals surface area contributed by atoms with Crippen molar-refractivity contribution < 1.29 is 9.53 Å². The van der Waals surface area contributed by atoms with Gasteiger partial charge in [-0.05, 0) is 19.3 Å². The second kappa shape index (κ2) is 5.61. The zero-order valence-corrected chi connectivity index (χ0v) is 10.3. The minimum atomic E-state index is -0.322. The maximum absolute atomic E-state index is 11.8. The van der Waals surface area contributed by atoms with E-state index in [2.05, 4.69) is 10.3 Å². The third-order valence-electron chi connectivity index (χ3n) is 2.39. The van der Waals surface area contributed by atoms with E-state index in [-0.39, 0.29) is 12.0 Å². The number of carbonyl (C=O) groups is 1. The number of hydrogen-bond donors (Lipinski definition) is 1. The number of anilines is 1. The Morgan fingerprint density at radius 1 is 1.69 bits per heavy atom. The van der Waals surface area contributed by atoms with Crippen molar-refractivity contribution in [3.63, 3.8) is 0 Å². The van der Waals surface area contributed by atoms with Gasteiger partial charge in [0, 0.05) is 12.0 Å². The summed E-state index contributed by atoms with van der Waals surface area (Å²) in [5, 5.41) is 5.18. The number of alkyl halides is 1. The second-order valence-corrected chi connectivity index (χ2v) is 4.75. The Morgan fingerprint density at radius 2 is 2.56 bits per heavy atom. The molecule has 0 aromatic carbocycles. The zero-order chi connectivity index (χ0) is 11.4. The van der Waals surface area contributed by atoms with E-state index in [1.54, 1.807) is 0 Å². The first-order valence-corrected chi connectivity index (χ1v) is 6.64. The summed E-state index contributed by atoms with van der Waals surface area (Å²) in [6, 6.07) is 0. The van der Waals surface area contributed by atoms with Crippen molar-refractivity contribution in [1.82, 2.24) is 4.98 Å². The summed E-state index contributed by atoms with van der Waals surface area (Å²) >= 11 is 7.02. The van der Waals surface area contributed by atoms with Gasteiger partial charge in [-0.25, -0.2) is 4.98 Å². The predicted octanol–water partition coefficient (Wildman–Crippen LogP) is 2.39. The first kappa shape index (κ1) is 11.8. The van der Waals surface area contributed by atoms with Crippen molar-refractivity contribution in [2.24, 2.45) is 0 Å². The molecule has 1 amide bonds. The number of carbonyl (C=O) groups excluding carboxylic acids is 1. The lowest BCUT2D eigenvalue weighted by molar-refractivity contribution is -0.129. The molecule has 2 rings (SSSR count). The minimum absolute atomic E-state index is 0.102. The smallest absolute Gasteiger partial charge is 0.255 e. The molecule has 6 heteroatoms. The maximum atomic E-state index is 11.8. The molecule has 1 aliphatic rings. The highest BCUT2D eigenvalue weighted by Crippen LogP contribution is 2.19. The van der Waals surface area contributed by atoms with Crippen molar-refractivity contribution in [3.8, 4) is 0 Å². The van der Waals surface area contributed by atoms with Crippen LogP contribution in [0.1, 0.15) is 25.0 Å². The average Bonchev–Trinajstić information content (AvgIpc) is 2.78. The van der Waals surface area contributed by atoms with Crippen LogP contribution in [0.3, 0.4) is 0 Å². The average molecular weight is 261 g/mol. The molecule has 1 aromatic heterocycles. The quantitative estimate of drug-likeness (QED) is 0.849. The van der Waals surface area contributed by atoms with Crippen molar-refractivity contribution in [3.05, 3.63) is 11.1 Å². The van der Waals surface area contributed by atoms with Crippen LogP contribution >= 0.6 is 22.9 Å². The SMILES string of the molecule is O=C(Nc1nc(CCl)cs1)C1CCCCO1. The maximum Gasteiger partial charge on any atom is 0.255 e. The Balaban J connectivity index is 1.90. The van der Waals surface area contributed by atoms with Crippen LogP contribution in [0, 0.1) is 0 Å². The first-order chi connectivity index (χ1) is 7.79. The molecule has 1 saturated heterocycles. The molecule has 88 valence electrons. The number of halogens is 1. The van der Waals surface area contributed by atoms with Gasteiger partial charge in [0.15, 0.2) is 5.13 Å². The predicted molar refractivity (Wildman–Crippen MR) is 63.9 cm³/mol. The molecule has 0 saturated carbocycles. The summed E-state index contributed by atoms with van der Waals surface area (Å²) in [6.45, 7) is 0.670. The molecule has 1 unspecified atom stereocenters. The van der Waals surface area contributed by atoms with Crippen molar-refractivity contribution in [2.75, 3.05) is 11.9 Å². The molecule has 1 N–H and O–H groups in total. The van der Waals surface area contributed by atoms with E-state index in [4.69, 9.17) is 16.3 Å². The first-order valence-electron chi connectivity index (χ1n) is 5.22. The fourth-order valence-electron chi connectivity index (χ4n) is 1.56. The van der Waals surface area contributed by atoms with Crippen LogP contribution in [0.15, 0.2) is 5.38 Å². The molecule has 0 spiro atoms. The van der Waals surface area contributed by atoms with Crippen LogP contribution in [0.5, 0.6) is 0 Å². The number of amides is 1. The molecule has 0 aliphatic carbocycles. The van der Waals surface area contributed by atoms with Gasteiger partial charge in [-0.1, -0.05) is 0 Å². The van der Waals surface area contributed by atoms with Crippen LogP contribution < -0.4 is 5.32 Å². The second-order valence-electron chi connectivity index (χ2n) is 3.62. The highest BCUT2D eigenvalue weighted by atomic mass is 35.5. The van der Waals surface area contributed by atoms with E-state index < -0.39 is 0 Å². The van der Waals surface area contributed by atoms with Crippen LogP contribution in [-0.4, -0.2) is 23.6 Å². The Morgan fingerprint density at radius 3 is 3.19 bits per heavy atom. The fraction of sp³-hybridized carbons (Fsp3) is 0.600. The topological polar surface area (TPSA) is 51.2 Å². The number of nitrogens with one attached hydrogen (secondary N) is 1. The van der Waals surface area contributed by atoms with E-state index in [0.717, 1.165) is 25.0 Å². The molecule has 16 heavy (non-hydrogen) atoms. The summed E-state index contributed by atoms with van der Waals surface area (Å²) in [5.41, 5.74) is 0.784. The van der Waals surface area contributed by atoms with Gasteiger partial charge in [0.1, 0.15) is 6.10 Å². The summed E-state index contributed by atoms with van der Waals surface area (Å²) in [6.07, 6.45) is 2.55. The van der Waals surface area contributed by atoms with Gasteiger partial charge in [-0.2, -0.15) is 0 Å². The number of rotatable bonds is 3. The van der Waals surface area contributed by atoms with Gasteiger partial charge in [-0.3, -0.25) is 10.1 Å². The Hall–Kier alpha value is -0.650. The molecular weight excluding hydrogens is 248 g/mol. The van der Waals surface area contributed by atoms with Gasteiger partial charge < -0.3 is 4.74 Å². The van der Waals surface area contributed by atoms with E-state index in [9.17, 15) is 4.79 Å².